The third-order valence-electron chi connectivity index (χ3n) is 11.1. The summed E-state index contributed by atoms with van der Waals surface area (Å²) in [5, 5.41) is 7.72. The maximum atomic E-state index is 13.0. The van der Waals surface area contributed by atoms with Crippen LogP contribution in [0.2, 0.25) is 0 Å². The molecule has 3 amide bonds. The molecule has 0 spiro atoms. The summed E-state index contributed by atoms with van der Waals surface area (Å²) in [5.41, 5.74) is 8.27. The highest BCUT2D eigenvalue weighted by atomic mass is 16.5. The van der Waals surface area contributed by atoms with Crippen LogP contribution in [-0.4, -0.2) is 87.5 Å². The average molecular weight is 739 g/mol. The van der Waals surface area contributed by atoms with Gasteiger partial charge in [-0.25, -0.2) is 14.8 Å². The van der Waals surface area contributed by atoms with Gasteiger partial charge in [-0.3, -0.25) is 9.59 Å². The predicted octanol–water partition coefficient (Wildman–Crippen LogP) is 6.81. The Bertz CT molecular complexity index is 2370. The van der Waals surface area contributed by atoms with Crippen molar-refractivity contribution in [3.8, 4) is 33.5 Å². The second kappa shape index (κ2) is 15.4. The molecule has 1 saturated heterocycles. The third kappa shape index (κ3) is 7.29. The van der Waals surface area contributed by atoms with E-state index in [9.17, 15) is 14.4 Å². The lowest BCUT2D eigenvalue weighted by molar-refractivity contribution is -0.135. The number of hydrogen-bond acceptors (Lipinski definition) is 7. The van der Waals surface area contributed by atoms with Crippen LogP contribution in [0, 0.1) is 5.92 Å². The Kier molecular flexibility index (Phi) is 10.1. The number of rotatable bonds is 12. The number of methoxy groups -OCH3 is 1. The van der Waals surface area contributed by atoms with E-state index in [4.69, 9.17) is 4.98 Å². The third-order valence-corrected chi connectivity index (χ3v) is 11.1. The molecule has 1 aliphatic carbocycles. The number of nitrogens with one attached hydrogen (secondary N) is 4. The molecule has 3 heterocycles. The van der Waals surface area contributed by atoms with E-state index < -0.39 is 6.09 Å². The van der Waals surface area contributed by atoms with Crippen molar-refractivity contribution in [2.45, 2.75) is 51.2 Å². The number of aromatic nitrogens is 4. The van der Waals surface area contributed by atoms with Gasteiger partial charge in [0.25, 0.3) is 0 Å². The van der Waals surface area contributed by atoms with Gasteiger partial charge >= 0.3 is 6.09 Å². The molecule has 1 saturated carbocycles. The van der Waals surface area contributed by atoms with Crippen LogP contribution in [0.5, 0.6) is 0 Å². The van der Waals surface area contributed by atoms with Crippen LogP contribution >= 0.6 is 0 Å². The summed E-state index contributed by atoms with van der Waals surface area (Å²) >= 11 is 0. The van der Waals surface area contributed by atoms with Gasteiger partial charge in [0, 0.05) is 18.2 Å². The number of imidazole rings is 2. The molecule has 12 nitrogen and oxygen atoms in total. The summed E-state index contributed by atoms with van der Waals surface area (Å²) in [7, 11) is 3.09. The number of carbonyl (C=O) groups excluding carboxylic acids is 3. The van der Waals surface area contributed by atoms with Gasteiger partial charge in [-0.2, -0.15) is 0 Å². The molecular formula is C43H46N8O4. The molecule has 2 aromatic heterocycles. The van der Waals surface area contributed by atoms with E-state index in [2.05, 4.69) is 114 Å². The van der Waals surface area contributed by atoms with Crippen molar-refractivity contribution in [3.63, 3.8) is 0 Å². The minimum atomic E-state index is -0.639. The molecule has 3 atom stereocenters. The number of fused-ring (bicyclic) bond motifs is 4. The lowest BCUT2D eigenvalue weighted by Crippen LogP contribution is -2.44. The summed E-state index contributed by atoms with van der Waals surface area (Å²) in [5.74, 6) is 1.97. The van der Waals surface area contributed by atoms with E-state index in [0.29, 0.717) is 37.4 Å². The van der Waals surface area contributed by atoms with Crippen LogP contribution < -0.4 is 10.6 Å². The Labute approximate surface area is 319 Å². The molecule has 4 aromatic carbocycles. The van der Waals surface area contributed by atoms with Crippen LogP contribution in [0.3, 0.4) is 0 Å². The number of alkyl carbamates (subject to hydrolysis) is 1. The highest BCUT2D eigenvalue weighted by molar-refractivity contribution is 5.91. The Morgan fingerprint density at radius 1 is 0.873 bits per heavy atom. The molecule has 55 heavy (non-hydrogen) atoms. The van der Waals surface area contributed by atoms with Crippen LogP contribution in [-0.2, 0) is 20.9 Å². The quantitative estimate of drug-likeness (QED) is 0.108. The SMILES string of the molecule is CCCN(Cc1ncc(-c2ccc3cc(-c4ccc(-c5ccc6nc([C@@H]7[C@H]8CC[C@H](C8)N7C(=O)CNC)[nH]c6c5)cc4)ccc3c2)[nH]1)C(=O)CNC(=O)OC. The molecule has 8 rings (SSSR count). The topological polar surface area (TPSA) is 148 Å². The van der Waals surface area contributed by atoms with E-state index in [1.165, 1.54) is 7.11 Å². The first-order valence-corrected chi connectivity index (χ1v) is 19.1. The van der Waals surface area contributed by atoms with Gasteiger partial charge in [0.05, 0.1) is 49.2 Å². The normalized spacial score (nSPS) is 17.6. The Hall–Kier alpha value is -6.01. The van der Waals surface area contributed by atoms with Gasteiger partial charge in [0.15, 0.2) is 0 Å². The van der Waals surface area contributed by atoms with Crippen LogP contribution in [0.15, 0.2) is 85.1 Å². The number of amides is 3. The molecule has 4 N–H and O–H groups in total. The smallest absolute Gasteiger partial charge is 0.407 e. The minimum Gasteiger partial charge on any atom is -0.453 e. The molecule has 2 bridgehead atoms. The van der Waals surface area contributed by atoms with Crippen molar-refractivity contribution in [3.05, 3.63) is 96.7 Å². The summed E-state index contributed by atoms with van der Waals surface area (Å²) in [6.07, 6.45) is 5.21. The molecule has 1 aliphatic heterocycles. The first-order chi connectivity index (χ1) is 26.8. The highest BCUT2D eigenvalue weighted by Crippen LogP contribution is 2.49. The van der Waals surface area contributed by atoms with Gasteiger partial charge in [-0.05, 0) is 95.9 Å². The Morgan fingerprint density at radius 2 is 1.56 bits per heavy atom. The zero-order valence-corrected chi connectivity index (χ0v) is 31.4. The Morgan fingerprint density at radius 3 is 2.29 bits per heavy atom. The summed E-state index contributed by atoms with van der Waals surface area (Å²) in [4.78, 5) is 57.4. The average Bonchev–Trinajstić information content (AvgIpc) is 4.04. The zero-order chi connectivity index (χ0) is 38.1. The second-order valence-corrected chi connectivity index (χ2v) is 14.6. The number of hydrogen-bond donors (Lipinski definition) is 4. The van der Waals surface area contributed by atoms with E-state index >= 15 is 0 Å². The van der Waals surface area contributed by atoms with E-state index in [0.717, 1.165) is 86.8 Å². The molecule has 0 radical (unpaired) electrons. The van der Waals surface area contributed by atoms with E-state index in [-0.39, 0.29) is 24.4 Å². The first-order valence-electron chi connectivity index (χ1n) is 19.1. The summed E-state index contributed by atoms with van der Waals surface area (Å²) in [6.45, 7) is 3.07. The van der Waals surface area contributed by atoms with E-state index in [1.54, 1.807) is 11.1 Å². The fraction of sp³-hybridized carbons (Fsp3) is 0.326. The second-order valence-electron chi connectivity index (χ2n) is 14.6. The number of likely N-dealkylation sites (N-methyl/N-ethyl adjacent to an activating group) is 1. The maximum absolute atomic E-state index is 13.0. The molecule has 2 aliphatic rings. The number of likely N-dealkylation sites (tertiary alicyclic amines) is 1. The number of carbonyl (C=O) groups is 3. The van der Waals surface area contributed by atoms with Crippen molar-refractivity contribution in [2.24, 2.45) is 5.92 Å². The molecule has 2 fully saturated rings. The predicted molar refractivity (Wildman–Crippen MR) is 213 cm³/mol. The van der Waals surface area contributed by atoms with Crippen LogP contribution in [0.1, 0.15) is 50.3 Å². The first kappa shape index (κ1) is 36.0. The molecule has 12 heteroatoms. The van der Waals surface area contributed by atoms with Crippen LogP contribution in [0.4, 0.5) is 4.79 Å². The standard InChI is InChI=1S/C43H46N8O4/c1-4-17-50(39(52)24-46-43(54)55-3)25-38-45-22-37(47-38)32-12-11-29-18-28(9-10-30(29)19-32)26-5-7-27(8-6-26)31-14-16-35-36(21-31)49-42(48-35)41-33-13-15-34(20-33)51(41)40(53)23-44-2/h5-12,14,16,18-19,21-22,33-34,41,44H,4,13,15,17,20,23-25H2,1-3H3,(H,45,47)(H,46,54)(H,48,49)/t33-,34+,41-/m0/s1. The van der Waals surface area contributed by atoms with Crippen molar-refractivity contribution in [1.29, 1.82) is 0 Å². The van der Waals surface area contributed by atoms with Crippen molar-refractivity contribution in [1.82, 2.24) is 40.4 Å². The van der Waals surface area contributed by atoms with Gasteiger partial charge < -0.3 is 35.1 Å². The molecule has 0 unspecified atom stereocenters. The van der Waals surface area contributed by atoms with Gasteiger partial charge in [-0.1, -0.05) is 61.5 Å². The fourth-order valence-corrected chi connectivity index (χ4v) is 8.40. The van der Waals surface area contributed by atoms with Gasteiger partial charge in [-0.15, -0.1) is 0 Å². The van der Waals surface area contributed by atoms with Gasteiger partial charge in [0.1, 0.15) is 18.2 Å². The Balaban J connectivity index is 0.953. The van der Waals surface area contributed by atoms with Crippen molar-refractivity contribution in [2.75, 3.05) is 33.8 Å². The number of ether oxygens (including phenoxy) is 1. The minimum absolute atomic E-state index is 0.0109. The number of nitrogens with zero attached hydrogens (tertiary/aromatic N) is 4. The maximum Gasteiger partial charge on any atom is 0.407 e. The fourth-order valence-electron chi connectivity index (χ4n) is 8.40. The van der Waals surface area contributed by atoms with Crippen LogP contribution in [0.25, 0.3) is 55.3 Å². The van der Waals surface area contributed by atoms with E-state index in [1.807, 2.05) is 14.0 Å². The summed E-state index contributed by atoms with van der Waals surface area (Å²) < 4.78 is 4.58. The highest BCUT2D eigenvalue weighted by Gasteiger charge is 2.49. The largest absolute Gasteiger partial charge is 0.453 e. The summed E-state index contributed by atoms with van der Waals surface area (Å²) in [6, 6.07) is 28.2. The number of aromatic amines is 2. The number of H-pyrrole nitrogens is 2. The monoisotopic (exact) mass is 738 g/mol. The zero-order valence-electron chi connectivity index (χ0n) is 31.4. The van der Waals surface area contributed by atoms with Crippen molar-refractivity contribution >= 4 is 39.7 Å². The molecular weight excluding hydrogens is 693 g/mol. The number of benzene rings is 4. The lowest BCUT2D eigenvalue weighted by atomic mass is 9.97. The number of piperidine rings is 1. The molecule has 6 aromatic rings. The van der Waals surface area contributed by atoms with Gasteiger partial charge in [0.2, 0.25) is 11.8 Å². The lowest BCUT2D eigenvalue weighted by Gasteiger charge is -2.34. The van der Waals surface area contributed by atoms with Crippen molar-refractivity contribution < 1.29 is 19.1 Å². The molecule has 282 valence electrons.